The zero-order valence-corrected chi connectivity index (χ0v) is 16.7. The highest BCUT2D eigenvalue weighted by Gasteiger charge is 2.20. The number of allylic oxidation sites excluding steroid dienone is 3. The molecule has 1 aliphatic rings. The van der Waals surface area contributed by atoms with E-state index < -0.39 is 5.63 Å². The maximum absolute atomic E-state index is 14.2. The van der Waals surface area contributed by atoms with Crippen LogP contribution in [0.2, 0.25) is 0 Å². The Hall–Kier alpha value is -2.82. The molecule has 2 aromatic rings. The molecule has 0 unspecified atom stereocenters. The van der Waals surface area contributed by atoms with E-state index >= 15 is 0 Å². The number of rotatable bonds is 4. The summed E-state index contributed by atoms with van der Waals surface area (Å²) in [5.41, 5.74) is 2.94. The third-order valence-corrected chi connectivity index (χ3v) is 4.91. The minimum Gasteiger partial charge on any atom is -0.494 e. The molecule has 4 nitrogen and oxygen atoms in total. The van der Waals surface area contributed by atoms with Crippen molar-refractivity contribution in [1.29, 1.82) is 0 Å². The first kappa shape index (κ1) is 19.9. The van der Waals surface area contributed by atoms with Crippen molar-refractivity contribution in [2.24, 2.45) is 0 Å². The van der Waals surface area contributed by atoms with Gasteiger partial charge in [0.1, 0.15) is 16.9 Å². The number of ether oxygens (including phenoxy) is 1. The van der Waals surface area contributed by atoms with Gasteiger partial charge in [0.2, 0.25) is 0 Å². The summed E-state index contributed by atoms with van der Waals surface area (Å²) in [6.45, 7) is 7.71. The van der Waals surface area contributed by atoms with Crippen LogP contribution in [0.15, 0.2) is 43.9 Å². The standard InChI is InChI=1S/C23H25FO4/c1-5-26-19-10-8-6-7-9-17(19)21-16(4)23(25)28-22(18(21)12-24)15(3)20-11-14(2)13-27-20/h8,10-13H,5-7,9H2,1-4H3/b18-12-,22-15+. The quantitative estimate of drug-likeness (QED) is 0.790. The fraction of sp³-hybridized carbons (Fsp3) is 0.348. The van der Waals surface area contributed by atoms with E-state index in [1.807, 2.05) is 32.1 Å². The van der Waals surface area contributed by atoms with E-state index in [2.05, 4.69) is 0 Å². The van der Waals surface area contributed by atoms with E-state index in [1.54, 1.807) is 20.1 Å². The van der Waals surface area contributed by atoms with Crippen LogP contribution in [-0.2, 0) is 4.74 Å². The van der Waals surface area contributed by atoms with Crippen LogP contribution >= 0.6 is 0 Å². The third kappa shape index (κ3) is 3.75. The minimum atomic E-state index is -0.491. The largest absolute Gasteiger partial charge is 0.494 e. The average molecular weight is 384 g/mol. The number of halogens is 1. The number of furan rings is 1. The smallest absolute Gasteiger partial charge is 0.339 e. The van der Waals surface area contributed by atoms with Gasteiger partial charge in [-0.2, -0.15) is 0 Å². The molecule has 5 heteroatoms. The molecule has 0 radical (unpaired) electrons. The maximum Gasteiger partial charge on any atom is 0.339 e. The van der Waals surface area contributed by atoms with Gasteiger partial charge in [0, 0.05) is 22.3 Å². The molecule has 28 heavy (non-hydrogen) atoms. The summed E-state index contributed by atoms with van der Waals surface area (Å²) in [5, 5.41) is 0.242. The van der Waals surface area contributed by atoms with E-state index in [4.69, 9.17) is 13.6 Å². The Bertz CT molecular complexity index is 1110. The molecule has 0 aliphatic heterocycles. The molecule has 0 saturated carbocycles. The van der Waals surface area contributed by atoms with Crippen molar-refractivity contribution >= 4 is 17.5 Å². The Kier molecular flexibility index (Phi) is 6.02. The molecule has 2 heterocycles. The van der Waals surface area contributed by atoms with Gasteiger partial charge in [0.25, 0.3) is 0 Å². The fourth-order valence-electron chi connectivity index (χ4n) is 3.50. The van der Waals surface area contributed by atoms with Gasteiger partial charge in [0.05, 0.1) is 24.4 Å². The van der Waals surface area contributed by atoms with Crippen LogP contribution in [0.5, 0.6) is 0 Å². The van der Waals surface area contributed by atoms with Crippen LogP contribution in [0.1, 0.15) is 55.6 Å². The molecule has 0 bridgehead atoms. The SMILES string of the molecule is CCOC1=C(c2c(C)c(=O)oc(=C(\C)c3cc(C)co3)/c2=C\F)CCCC=C1. The predicted molar refractivity (Wildman–Crippen MR) is 108 cm³/mol. The first-order valence-electron chi connectivity index (χ1n) is 9.51. The van der Waals surface area contributed by atoms with Crippen molar-refractivity contribution < 1.29 is 18.0 Å². The zero-order chi connectivity index (χ0) is 20.3. The summed E-state index contributed by atoms with van der Waals surface area (Å²) in [6.07, 6.45) is 8.55. The second-order valence-electron chi connectivity index (χ2n) is 6.93. The van der Waals surface area contributed by atoms with Crippen molar-refractivity contribution in [3.8, 4) is 0 Å². The van der Waals surface area contributed by atoms with Crippen LogP contribution in [0.4, 0.5) is 4.39 Å². The zero-order valence-electron chi connectivity index (χ0n) is 16.7. The van der Waals surface area contributed by atoms with E-state index in [1.165, 1.54) is 0 Å². The first-order chi connectivity index (χ1) is 13.5. The molecule has 0 aromatic carbocycles. The van der Waals surface area contributed by atoms with Crippen molar-refractivity contribution in [2.45, 2.75) is 47.0 Å². The lowest BCUT2D eigenvalue weighted by atomic mass is 9.95. The summed E-state index contributed by atoms with van der Waals surface area (Å²) >= 11 is 0. The summed E-state index contributed by atoms with van der Waals surface area (Å²) in [6, 6.07) is 1.83. The van der Waals surface area contributed by atoms with Gasteiger partial charge in [-0.05, 0) is 64.7 Å². The Morgan fingerprint density at radius 3 is 2.79 bits per heavy atom. The summed E-state index contributed by atoms with van der Waals surface area (Å²) in [7, 11) is 0. The number of aryl methyl sites for hydroxylation is 1. The molecule has 148 valence electrons. The predicted octanol–water partition coefficient (Wildman–Crippen LogP) is 4.26. The lowest BCUT2D eigenvalue weighted by Crippen LogP contribution is -2.36. The van der Waals surface area contributed by atoms with Crippen LogP contribution < -0.4 is 16.3 Å². The average Bonchev–Trinajstić information content (AvgIpc) is 2.99. The van der Waals surface area contributed by atoms with Crippen molar-refractivity contribution in [3.05, 3.63) is 73.7 Å². The van der Waals surface area contributed by atoms with Gasteiger partial charge >= 0.3 is 5.63 Å². The van der Waals surface area contributed by atoms with E-state index in [-0.39, 0.29) is 10.6 Å². The molecule has 1 aliphatic carbocycles. The minimum absolute atomic E-state index is 0.180. The molecule has 3 rings (SSSR count). The van der Waals surface area contributed by atoms with Gasteiger partial charge in [-0.3, -0.25) is 0 Å². The molecular formula is C23H25FO4. The van der Waals surface area contributed by atoms with Crippen molar-refractivity contribution in [1.82, 2.24) is 0 Å². The number of hydrogen-bond donors (Lipinski definition) is 0. The molecule has 0 N–H and O–H groups in total. The molecule has 0 fully saturated rings. The van der Waals surface area contributed by atoms with E-state index in [0.29, 0.717) is 47.6 Å². The topological polar surface area (TPSA) is 52.6 Å². The van der Waals surface area contributed by atoms with Crippen LogP contribution in [-0.4, -0.2) is 6.61 Å². The Morgan fingerprint density at radius 2 is 2.14 bits per heavy atom. The van der Waals surface area contributed by atoms with E-state index in [0.717, 1.165) is 24.0 Å². The molecular weight excluding hydrogens is 359 g/mol. The number of hydrogen-bond acceptors (Lipinski definition) is 4. The molecule has 0 amide bonds. The van der Waals surface area contributed by atoms with Gasteiger partial charge in [0.15, 0.2) is 0 Å². The van der Waals surface area contributed by atoms with Crippen molar-refractivity contribution in [2.75, 3.05) is 6.61 Å². The van der Waals surface area contributed by atoms with Crippen LogP contribution in [0, 0.1) is 13.8 Å². The van der Waals surface area contributed by atoms with Crippen LogP contribution in [0.25, 0.3) is 17.5 Å². The fourth-order valence-corrected chi connectivity index (χ4v) is 3.50. The Morgan fingerprint density at radius 1 is 1.36 bits per heavy atom. The first-order valence-corrected chi connectivity index (χ1v) is 9.51. The van der Waals surface area contributed by atoms with Crippen molar-refractivity contribution in [3.63, 3.8) is 0 Å². The molecule has 0 saturated heterocycles. The van der Waals surface area contributed by atoms with Gasteiger partial charge in [-0.15, -0.1) is 0 Å². The lowest BCUT2D eigenvalue weighted by molar-refractivity contribution is 0.244. The highest BCUT2D eigenvalue weighted by molar-refractivity contribution is 5.73. The maximum atomic E-state index is 14.2. The van der Waals surface area contributed by atoms with Crippen LogP contribution in [0.3, 0.4) is 0 Å². The molecule has 0 atom stereocenters. The van der Waals surface area contributed by atoms with E-state index in [9.17, 15) is 9.18 Å². The summed E-state index contributed by atoms with van der Waals surface area (Å²) in [5.74, 6) is 1.22. The molecule has 2 aromatic heterocycles. The second-order valence-corrected chi connectivity index (χ2v) is 6.93. The monoisotopic (exact) mass is 384 g/mol. The Labute approximate surface area is 163 Å². The van der Waals surface area contributed by atoms with Gasteiger partial charge in [-0.25, -0.2) is 9.18 Å². The summed E-state index contributed by atoms with van der Waals surface area (Å²) < 4.78 is 31.0. The van der Waals surface area contributed by atoms with Gasteiger partial charge in [-0.1, -0.05) is 6.08 Å². The van der Waals surface area contributed by atoms with Gasteiger partial charge < -0.3 is 13.6 Å². The summed E-state index contributed by atoms with van der Waals surface area (Å²) in [4.78, 5) is 12.6. The molecule has 0 spiro atoms. The Balaban J connectivity index is 2.42. The highest BCUT2D eigenvalue weighted by atomic mass is 19.1. The third-order valence-electron chi connectivity index (χ3n) is 4.91. The highest BCUT2D eigenvalue weighted by Crippen LogP contribution is 2.28. The second kappa shape index (κ2) is 8.46. The normalized spacial score (nSPS) is 16.4. The lowest BCUT2D eigenvalue weighted by Gasteiger charge is -2.15.